The van der Waals surface area contributed by atoms with E-state index in [2.05, 4.69) is 60.2 Å². The van der Waals surface area contributed by atoms with Gasteiger partial charge in [-0.1, -0.05) is 45.9 Å². The lowest BCUT2D eigenvalue weighted by Crippen LogP contribution is -2.27. The Hall–Kier alpha value is -2.27. The summed E-state index contributed by atoms with van der Waals surface area (Å²) in [6.07, 6.45) is 6.79. The fraction of sp³-hybridized carbons (Fsp3) is 0.476. The number of imidazole rings is 1. The molecule has 1 aromatic carbocycles. The number of rotatable bonds is 11. The zero-order valence-electron chi connectivity index (χ0n) is 16.2. The second-order valence-electron chi connectivity index (χ2n) is 6.47. The Morgan fingerprint density at radius 1 is 1.31 bits per heavy atom. The van der Waals surface area contributed by atoms with Crippen molar-refractivity contribution in [3.05, 3.63) is 52.8 Å². The molecule has 0 radical (unpaired) electrons. The Bertz CT molecular complexity index is 772. The topological polar surface area (TPSA) is 50.5 Å². The molecular weight excluding hydrogens is 324 g/mol. The molecule has 2 rings (SSSR count). The monoisotopic (exact) mass is 354 g/mol. The first-order valence-corrected chi connectivity index (χ1v) is 9.54. The highest BCUT2D eigenvalue weighted by Crippen LogP contribution is 2.20. The number of hydrogen-bond acceptors (Lipinski definition) is 4. The third kappa shape index (κ3) is 5.11. The van der Waals surface area contributed by atoms with Crippen LogP contribution in [0.5, 0.6) is 0 Å². The summed E-state index contributed by atoms with van der Waals surface area (Å²) in [5, 5.41) is 2.82. The number of nitrogens with zero attached hydrogens (tertiary/aromatic N) is 4. The molecule has 0 aliphatic carbocycles. The maximum absolute atomic E-state index is 10.4. The van der Waals surface area contributed by atoms with Crippen molar-refractivity contribution in [3.8, 4) is 0 Å². The van der Waals surface area contributed by atoms with E-state index in [4.69, 9.17) is 4.98 Å². The quantitative estimate of drug-likeness (QED) is 0.421. The molecule has 0 spiro atoms. The predicted octanol–water partition coefficient (Wildman–Crippen LogP) is 5.01. The molecular formula is C21H30N4O. The van der Waals surface area contributed by atoms with Crippen LogP contribution >= 0.6 is 0 Å². The highest BCUT2D eigenvalue weighted by molar-refractivity contribution is 5.79. The smallest absolute Gasteiger partial charge is 0.109 e. The van der Waals surface area contributed by atoms with Crippen molar-refractivity contribution >= 4 is 17.1 Å². The van der Waals surface area contributed by atoms with E-state index in [-0.39, 0.29) is 5.70 Å². The van der Waals surface area contributed by atoms with Gasteiger partial charge in [-0.15, -0.1) is 4.91 Å². The lowest BCUT2D eigenvalue weighted by molar-refractivity contribution is 0.290. The molecule has 0 aliphatic rings. The average Bonchev–Trinajstić information content (AvgIpc) is 3.01. The molecule has 5 nitrogen and oxygen atoms in total. The molecule has 0 amide bonds. The second-order valence-corrected chi connectivity index (χ2v) is 6.47. The van der Waals surface area contributed by atoms with Crippen molar-refractivity contribution in [3.63, 3.8) is 0 Å². The van der Waals surface area contributed by atoms with Crippen LogP contribution in [0.15, 0.2) is 41.7 Å². The van der Waals surface area contributed by atoms with E-state index < -0.39 is 0 Å². The number of benzene rings is 1. The highest BCUT2D eigenvalue weighted by atomic mass is 16.3. The van der Waals surface area contributed by atoms with Crippen LogP contribution in [0.2, 0.25) is 0 Å². The normalized spacial score (nSPS) is 11.7. The zero-order valence-corrected chi connectivity index (χ0v) is 16.2. The van der Waals surface area contributed by atoms with E-state index >= 15 is 0 Å². The molecule has 0 atom stereocenters. The van der Waals surface area contributed by atoms with Crippen LogP contribution in [-0.4, -0.2) is 34.1 Å². The van der Waals surface area contributed by atoms with E-state index in [1.54, 1.807) is 6.08 Å². The van der Waals surface area contributed by atoms with Gasteiger partial charge in [-0.2, -0.15) is 0 Å². The number of nitroso groups, excluding NO2 is 1. The third-order valence-electron chi connectivity index (χ3n) is 4.72. The summed E-state index contributed by atoms with van der Waals surface area (Å²) >= 11 is 0. The van der Waals surface area contributed by atoms with E-state index in [0.29, 0.717) is 0 Å². The van der Waals surface area contributed by atoms with Crippen LogP contribution in [0, 0.1) is 4.91 Å². The summed E-state index contributed by atoms with van der Waals surface area (Å²) in [5.74, 6) is 1.16. The molecule has 1 heterocycles. The van der Waals surface area contributed by atoms with Gasteiger partial charge in [0.25, 0.3) is 0 Å². The van der Waals surface area contributed by atoms with Gasteiger partial charge in [0.1, 0.15) is 11.5 Å². The van der Waals surface area contributed by atoms with Gasteiger partial charge in [0.2, 0.25) is 0 Å². The van der Waals surface area contributed by atoms with Gasteiger partial charge >= 0.3 is 0 Å². The minimum atomic E-state index is 0.221. The summed E-state index contributed by atoms with van der Waals surface area (Å²) < 4.78 is 2.36. The van der Waals surface area contributed by atoms with Crippen molar-refractivity contribution in [2.45, 2.75) is 46.6 Å². The molecule has 0 unspecified atom stereocenters. The summed E-state index contributed by atoms with van der Waals surface area (Å²) in [6, 6.07) is 6.24. The molecule has 2 aromatic rings. The van der Waals surface area contributed by atoms with Gasteiger partial charge in [0, 0.05) is 19.5 Å². The Kier molecular flexibility index (Phi) is 7.73. The van der Waals surface area contributed by atoms with Gasteiger partial charge in [-0.3, -0.25) is 0 Å². The zero-order chi connectivity index (χ0) is 18.9. The molecule has 5 heteroatoms. The van der Waals surface area contributed by atoms with Crippen molar-refractivity contribution < 1.29 is 0 Å². The second kappa shape index (κ2) is 10.0. The Balaban J connectivity index is 2.32. The maximum atomic E-state index is 10.4. The van der Waals surface area contributed by atoms with Crippen LogP contribution < -0.4 is 0 Å². The third-order valence-corrected chi connectivity index (χ3v) is 4.72. The van der Waals surface area contributed by atoms with Gasteiger partial charge < -0.3 is 9.47 Å². The average molecular weight is 354 g/mol. The molecule has 0 saturated carbocycles. The number of hydrogen-bond donors (Lipinski definition) is 0. The summed E-state index contributed by atoms with van der Waals surface area (Å²) in [4.78, 5) is 17.8. The van der Waals surface area contributed by atoms with Crippen LogP contribution in [0.3, 0.4) is 0 Å². The van der Waals surface area contributed by atoms with Gasteiger partial charge in [0.15, 0.2) is 0 Å². The number of aryl methyl sites for hydroxylation is 1. The fourth-order valence-electron chi connectivity index (χ4n) is 3.08. The first-order chi connectivity index (χ1) is 12.6. The number of aromatic nitrogens is 2. The van der Waals surface area contributed by atoms with E-state index in [1.807, 2.05) is 6.08 Å². The first kappa shape index (κ1) is 20.0. The number of allylic oxidation sites excluding steroid dienone is 1. The molecule has 26 heavy (non-hydrogen) atoms. The Morgan fingerprint density at radius 2 is 2.08 bits per heavy atom. The van der Waals surface area contributed by atoms with Crippen LogP contribution in [-0.2, 0) is 13.0 Å². The standard InChI is InChI=1S/C21H30N4O/c1-5-8-9-21-22-19-16-18(11-10-17(4)23-26)12-13-20(19)25(21)15-14-24(6-2)7-3/h10-13,16H,4-9,14-15H2,1-3H3/b11-10+. The molecule has 140 valence electrons. The fourth-order valence-corrected chi connectivity index (χ4v) is 3.08. The highest BCUT2D eigenvalue weighted by Gasteiger charge is 2.11. The van der Waals surface area contributed by atoms with Gasteiger partial charge in [-0.25, -0.2) is 4.98 Å². The lowest BCUT2D eigenvalue weighted by Gasteiger charge is -2.19. The minimum absolute atomic E-state index is 0.221. The first-order valence-electron chi connectivity index (χ1n) is 9.54. The van der Waals surface area contributed by atoms with Crippen LogP contribution in [0.4, 0.5) is 0 Å². The van der Waals surface area contributed by atoms with Crippen molar-refractivity contribution in [1.29, 1.82) is 0 Å². The summed E-state index contributed by atoms with van der Waals surface area (Å²) in [7, 11) is 0. The Morgan fingerprint density at radius 3 is 2.73 bits per heavy atom. The molecule has 0 N–H and O–H groups in total. The van der Waals surface area contributed by atoms with Crippen molar-refractivity contribution in [2.24, 2.45) is 5.18 Å². The minimum Gasteiger partial charge on any atom is -0.327 e. The number of likely N-dealkylation sites (N-methyl/N-ethyl adjacent to an activating group) is 1. The van der Waals surface area contributed by atoms with Crippen LogP contribution in [0.25, 0.3) is 17.1 Å². The van der Waals surface area contributed by atoms with Crippen molar-refractivity contribution in [1.82, 2.24) is 14.5 Å². The molecule has 0 fully saturated rings. The Labute approximate surface area is 156 Å². The molecule has 1 aromatic heterocycles. The SMILES string of the molecule is C=C(/C=C/c1ccc2c(c1)nc(CCCC)n2CCN(CC)CC)N=O. The molecule has 0 bridgehead atoms. The van der Waals surface area contributed by atoms with E-state index in [1.165, 1.54) is 5.52 Å². The molecule has 0 saturated heterocycles. The van der Waals surface area contributed by atoms with E-state index in [0.717, 1.165) is 62.3 Å². The van der Waals surface area contributed by atoms with Crippen molar-refractivity contribution in [2.75, 3.05) is 19.6 Å². The predicted molar refractivity (Wildman–Crippen MR) is 110 cm³/mol. The largest absolute Gasteiger partial charge is 0.327 e. The lowest BCUT2D eigenvalue weighted by atomic mass is 10.2. The maximum Gasteiger partial charge on any atom is 0.109 e. The number of fused-ring (bicyclic) bond motifs is 1. The summed E-state index contributed by atoms with van der Waals surface area (Å²) in [6.45, 7) is 14.3. The molecule has 0 aliphatic heterocycles. The van der Waals surface area contributed by atoms with E-state index in [9.17, 15) is 4.91 Å². The van der Waals surface area contributed by atoms with Crippen LogP contribution in [0.1, 0.15) is 45.0 Å². The summed E-state index contributed by atoms with van der Waals surface area (Å²) in [5.41, 5.74) is 3.39. The van der Waals surface area contributed by atoms with Gasteiger partial charge in [0.05, 0.1) is 11.0 Å². The van der Waals surface area contributed by atoms with Gasteiger partial charge in [-0.05, 0) is 48.5 Å². The number of unbranched alkanes of at least 4 members (excludes halogenated alkanes) is 1.